The third-order valence-corrected chi connectivity index (χ3v) is 6.34. The normalized spacial score (nSPS) is 47.8. The fraction of sp³-hybridized carbons (Fsp3) is 0.722. The van der Waals surface area contributed by atoms with Crippen LogP contribution in [0, 0.1) is 23.7 Å². The predicted octanol–water partition coefficient (Wildman–Crippen LogP) is 2.64. The fourth-order valence-electron chi connectivity index (χ4n) is 5.30. The third-order valence-electron chi connectivity index (χ3n) is 6.34. The number of allylic oxidation sites excluding steroid dienone is 1. The van der Waals surface area contributed by atoms with Crippen molar-refractivity contribution in [1.82, 2.24) is 0 Å². The second-order valence-electron chi connectivity index (χ2n) is 7.10. The van der Waals surface area contributed by atoms with Gasteiger partial charge in [-0.2, -0.15) is 0 Å². The van der Waals surface area contributed by atoms with Gasteiger partial charge in [-0.3, -0.25) is 4.79 Å². The van der Waals surface area contributed by atoms with Gasteiger partial charge in [0.2, 0.25) is 0 Å². The lowest BCUT2D eigenvalue weighted by Crippen LogP contribution is -2.41. The van der Waals surface area contributed by atoms with Gasteiger partial charge < -0.3 is 9.84 Å². The highest BCUT2D eigenvalue weighted by Crippen LogP contribution is 2.56. The highest BCUT2D eigenvalue weighted by molar-refractivity contribution is 5.93. The van der Waals surface area contributed by atoms with E-state index < -0.39 is 6.10 Å². The van der Waals surface area contributed by atoms with Crippen LogP contribution >= 0.6 is 0 Å². The van der Waals surface area contributed by atoms with Gasteiger partial charge in [0.15, 0.2) is 5.78 Å². The second kappa shape index (κ2) is 4.79. The van der Waals surface area contributed by atoms with E-state index in [1.54, 1.807) is 12.2 Å². The standard InChI is InChI=1S/C18H24O3/c1-3-9-10(4-2)18-14-8-12-11(7-13(14)17(9)21-18)15(19)5-6-16(12)20/h5-6,9-12,15,17-19H,3-4,7-8H2,1-2H3. The maximum atomic E-state index is 12.2. The quantitative estimate of drug-likeness (QED) is 0.795. The molecule has 2 heterocycles. The van der Waals surface area contributed by atoms with Gasteiger partial charge >= 0.3 is 0 Å². The summed E-state index contributed by atoms with van der Waals surface area (Å²) in [6, 6.07) is 0. The first kappa shape index (κ1) is 13.7. The van der Waals surface area contributed by atoms with E-state index in [0.717, 1.165) is 25.7 Å². The van der Waals surface area contributed by atoms with E-state index in [-0.39, 0.29) is 29.8 Å². The monoisotopic (exact) mass is 288 g/mol. The minimum atomic E-state index is -0.470. The van der Waals surface area contributed by atoms with Crippen molar-refractivity contribution in [1.29, 1.82) is 0 Å². The number of aliphatic hydroxyl groups is 1. The molecule has 3 heteroatoms. The Morgan fingerprint density at radius 2 is 1.76 bits per heavy atom. The first-order valence-corrected chi connectivity index (χ1v) is 8.43. The molecule has 0 amide bonds. The zero-order valence-electron chi connectivity index (χ0n) is 12.8. The summed E-state index contributed by atoms with van der Waals surface area (Å²) in [5.41, 5.74) is 2.84. The second-order valence-corrected chi connectivity index (χ2v) is 7.10. The van der Waals surface area contributed by atoms with Crippen molar-refractivity contribution in [3.05, 3.63) is 23.3 Å². The summed E-state index contributed by atoms with van der Waals surface area (Å²) < 4.78 is 6.32. The summed E-state index contributed by atoms with van der Waals surface area (Å²) in [5.74, 6) is 1.49. The van der Waals surface area contributed by atoms with Gasteiger partial charge in [-0.1, -0.05) is 32.8 Å². The molecule has 1 N–H and O–H groups in total. The Morgan fingerprint density at radius 1 is 1.14 bits per heavy atom. The molecule has 4 rings (SSSR count). The van der Waals surface area contributed by atoms with Crippen LogP contribution in [0.4, 0.5) is 0 Å². The Hall–Kier alpha value is -0.930. The summed E-state index contributed by atoms with van der Waals surface area (Å²) in [6.07, 6.45) is 7.27. The van der Waals surface area contributed by atoms with Crippen LogP contribution in [0.15, 0.2) is 23.3 Å². The molecule has 0 saturated carbocycles. The van der Waals surface area contributed by atoms with Crippen LogP contribution in [-0.2, 0) is 9.53 Å². The largest absolute Gasteiger partial charge is 0.389 e. The molecule has 7 unspecified atom stereocenters. The molecule has 2 aliphatic carbocycles. The zero-order valence-corrected chi connectivity index (χ0v) is 12.8. The van der Waals surface area contributed by atoms with E-state index >= 15 is 0 Å². The molecule has 2 aliphatic heterocycles. The number of ketones is 1. The number of rotatable bonds is 2. The van der Waals surface area contributed by atoms with Crippen LogP contribution in [0.25, 0.3) is 0 Å². The third kappa shape index (κ3) is 1.77. The molecule has 7 atom stereocenters. The molecule has 0 spiro atoms. The van der Waals surface area contributed by atoms with Crippen molar-refractivity contribution in [3.63, 3.8) is 0 Å². The van der Waals surface area contributed by atoms with Gasteiger partial charge in [0.05, 0.1) is 18.3 Å². The number of carbonyl (C=O) groups excluding carboxylic acids is 1. The van der Waals surface area contributed by atoms with Crippen LogP contribution in [0.2, 0.25) is 0 Å². The Labute approximate surface area is 126 Å². The van der Waals surface area contributed by atoms with Gasteiger partial charge in [0.25, 0.3) is 0 Å². The lowest BCUT2D eigenvalue weighted by Gasteiger charge is -2.40. The summed E-state index contributed by atoms with van der Waals surface area (Å²) in [6.45, 7) is 4.51. The Balaban J connectivity index is 1.69. The molecule has 114 valence electrons. The molecule has 21 heavy (non-hydrogen) atoms. The van der Waals surface area contributed by atoms with Gasteiger partial charge in [0, 0.05) is 11.8 Å². The minimum absolute atomic E-state index is 0.0238. The van der Waals surface area contributed by atoms with Crippen LogP contribution in [0.3, 0.4) is 0 Å². The zero-order chi connectivity index (χ0) is 14.7. The number of fused-ring (bicyclic) bond motifs is 5. The fourth-order valence-corrected chi connectivity index (χ4v) is 5.30. The maximum Gasteiger partial charge on any atom is 0.159 e. The van der Waals surface area contributed by atoms with Gasteiger partial charge in [0.1, 0.15) is 0 Å². The average molecular weight is 288 g/mol. The molecule has 4 aliphatic rings. The first-order chi connectivity index (χ1) is 10.2. The van der Waals surface area contributed by atoms with Crippen LogP contribution < -0.4 is 0 Å². The molecule has 2 bridgehead atoms. The van der Waals surface area contributed by atoms with Crippen molar-refractivity contribution in [2.24, 2.45) is 23.7 Å². The summed E-state index contributed by atoms with van der Waals surface area (Å²) in [7, 11) is 0. The molecule has 0 aromatic heterocycles. The summed E-state index contributed by atoms with van der Waals surface area (Å²) >= 11 is 0. The molecule has 3 nitrogen and oxygen atoms in total. The SMILES string of the molecule is CCC1C2OC(C3=C2CC2C(=O)C=CC(O)C2C3)C1CC. The van der Waals surface area contributed by atoms with Crippen molar-refractivity contribution in [3.8, 4) is 0 Å². The number of aliphatic hydroxyl groups excluding tert-OH is 1. The van der Waals surface area contributed by atoms with Crippen LogP contribution in [0.5, 0.6) is 0 Å². The molecule has 1 saturated heterocycles. The van der Waals surface area contributed by atoms with E-state index in [1.807, 2.05) is 0 Å². The summed E-state index contributed by atoms with van der Waals surface area (Å²) in [4.78, 5) is 12.2. The number of hydrogen-bond donors (Lipinski definition) is 1. The van der Waals surface area contributed by atoms with Crippen molar-refractivity contribution < 1.29 is 14.6 Å². The van der Waals surface area contributed by atoms with Gasteiger partial charge in [-0.05, 0) is 41.9 Å². The Kier molecular flexibility index (Phi) is 3.13. The van der Waals surface area contributed by atoms with E-state index in [4.69, 9.17) is 4.74 Å². The van der Waals surface area contributed by atoms with E-state index in [0.29, 0.717) is 11.8 Å². The lowest BCUT2D eigenvalue weighted by molar-refractivity contribution is -0.122. The summed E-state index contributed by atoms with van der Waals surface area (Å²) in [5, 5.41) is 10.2. The van der Waals surface area contributed by atoms with Crippen LogP contribution in [-0.4, -0.2) is 29.2 Å². The number of hydrogen-bond acceptors (Lipinski definition) is 3. The molecular weight excluding hydrogens is 264 g/mol. The van der Waals surface area contributed by atoms with Gasteiger partial charge in [-0.15, -0.1) is 0 Å². The van der Waals surface area contributed by atoms with E-state index in [1.165, 1.54) is 11.1 Å². The predicted molar refractivity (Wildman–Crippen MR) is 79.6 cm³/mol. The highest BCUT2D eigenvalue weighted by Gasteiger charge is 2.55. The molecule has 0 radical (unpaired) electrons. The van der Waals surface area contributed by atoms with E-state index in [9.17, 15) is 9.90 Å². The number of ether oxygens (including phenoxy) is 1. The molecule has 0 aromatic rings. The maximum absolute atomic E-state index is 12.2. The molecule has 1 fully saturated rings. The Morgan fingerprint density at radius 3 is 2.38 bits per heavy atom. The van der Waals surface area contributed by atoms with Crippen molar-refractivity contribution >= 4 is 5.78 Å². The molecule has 0 aromatic carbocycles. The van der Waals surface area contributed by atoms with Gasteiger partial charge in [-0.25, -0.2) is 0 Å². The smallest absolute Gasteiger partial charge is 0.159 e. The average Bonchev–Trinajstić information content (AvgIpc) is 3.05. The van der Waals surface area contributed by atoms with Crippen molar-refractivity contribution in [2.45, 2.75) is 57.8 Å². The van der Waals surface area contributed by atoms with Crippen molar-refractivity contribution in [2.75, 3.05) is 0 Å². The minimum Gasteiger partial charge on any atom is -0.389 e. The van der Waals surface area contributed by atoms with E-state index in [2.05, 4.69) is 13.8 Å². The highest BCUT2D eigenvalue weighted by atomic mass is 16.5. The Bertz CT molecular complexity index is 533. The molecular formula is C18H24O3. The number of carbonyl (C=O) groups is 1. The lowest BCUT2D eigenvalue weighted by atomic mass is 9.62. The van der Waals surface area contributed by atoms with Crippen LogP contribution in [0.1, 0.15) is 39.5 Å². The first-order valence-electron chi connectivity index (χ1n) is 8.43. The topological polar surface area (TPSA) is 46.5 Å².